The average Bonchev–Trinajstić information content (AvgIpc) is 2.88. The molecule has 33 heavy (non-hydrogen) atoms. The van der Waals surface area contributed by atoms with Gasteiger partial charge in [-0.25, -0.2) is 9.97 Å². The standard InChI is InChI=1S/C30H19BrN2/c31-30-12-6-11-27(33-30)29-19-24(18-28(32-29)21-8-2-1-3-9-21)22-15-16-26-23(17-22)14-13-20-7-4-5-10-25(20)26/h1-19H. The summed E-state index contributed by atoms with van der Waals surface area (Å²) in [6.45, 7) is 0. The number of pyridine rings is 2. The van der Waals surface area contributed by atoms with Crippen LogP contribution in [-0.4, -0.2) is 9.97 Å². The Balaban J connectivity index is 1.56. The molecule has 2 nitrogen and oxygen atoms in total. The van der Waals surface area contributed by atoms with Crippen molar-refractivity contribution in [3.63, 3.8) is 0 Å². The molecule has 0 aliphatic carbocycles. The molecule has 0 aliphatic heterocycles. The predicted molar refractivity (Wildman–Crippen MR) is 141 cm³/mol. The van der Waals surface area contributed by atoms with Crippen LogP contribution < -0.4 is 0 Å². The first-order valence-corrected chi connectivity index (χ1v) is 11.7. The van der Waals surface area contributed by atoms with Crippen molar-refractivity contribution in [1.29, 1.82) is 0 Å². The Morgan fingerprint density at radius 2 is 1.18 bits per heavy atom. The van der Waals surface area contributed by atoms with Crippen molar-refractivity contribution in [2.24, 2.45) is 0 Å². The Morgan fingerprint density at radius 1 is 0.424 bits per heavy atom. The number of hydrogen-bond donors (Lipinski definition) is 0. The summed E-state index contributed by atoms with van der Waals surface area (Å²) in [7, 11) is 0. The summed E-state index contributed by atoms with van der Waals surface area (Å²) in [4.78, 5) is 9.61. The van der Waals surface area contributed by atoms with Crippen molar-refractivity contribution in [3.8, 4) is 33.8 Å². The Labute approximate surface area is 200 Å². The first-order chi connectivity index (χ1) is 16.2. The van der Waals surface area contributed by atoms with Crippen LogP contribution in [0, 0.1) is 0 Å². The summed E-state index contributed by atoms with van der Waals surface area (Å²) in [6, 6.07) is 40.2. The zero-order chi connectivity index (χ0) is 22.2. The number of benzene rings is 4. The fourth-order valence-electron chi connectivity index (χ4n) is 4.33. The summed E-state index contributed by atoms with van der Waals surface area (Å²) < 4.78 is 0.797. The largest absolute Gasteiger partial charge is 0.246 e. The smallest absolute Gasteiger partial charge is 0.106 e. The lowest BCUT2D eigenvalue weighted by Gasteiger charge is -2.11. The Bertz CT molecular complexity index is 1620. The van der Waals surface area contributed by atoms with Gasteiger partial charge in [-0.05, 0) is 78.9 Å². The van der Waals surface area contributed by atoms with E-state index in [1.54, 1.807) is 0 Å². The molecule has 0 spiro atoms. The van der Waals surface area contributed by atoms with E-state index in [-0.39, 0.29) is 0 Å². The van der Waals surface area contributed by atoms with Gasteiger partial charge < -0.3 is 0 Å². The second kappa shape index (κ2) is 8.27. The summed E-state index contributed by atoms with van der Waals surface area (Å²) in [5.74, 6) is 0. The topological polar surface area (TPSA) is 25.8 Å². The number of hydrogen-bond acceptors (Lipinski definition) is 2. The monoisotopic (exact) mass is 486 g/mol. The van der Waals surface area contributed by atoms with Gasteiger partial charge in [-0.15, -0.1) is 0 Å². The highest BCUT2D eigenvalue weighted by atomic mass is 79.9. The van der Waals surface area contributed by atoms with E-state index in [1.165, 1.54) is 21.5 Å². The maximum absolute atomic E-state index is 4.96. The van der Waals surface area contributed by atoms with Crippen LogP contribution in [0.15, 0.2) is 120 Å². The van der Waals surface area contributed by atoms with Crippen molar-refractivity contribution < 1.29 is 0 Å². The van der Waals surface area contributed by atoms with Crippen molar-refractivity contribution >= 4 is 37.5 Å². The third-order valence-corrected chi connectivity index (χ3v) is 6.39. The average molecular weight is 487 g/mol. The fraction of sp³-hybridized carbons (Fsp3) is 0. The third kappa shape index (κ3) is 3.81. The van der Waals surface area contributed by atoms with Crippen molar-refractivity contribution in [3.05, 3.63) is 120 Å². The molecule has 0 bridgehead atoms. The number of halogens is 1. The van der Waals surface area contributed by atoms with Gasteiger partial charge in [0.2, 0.25) is 0 Å². The second-order valence-corrected chi connectivity index (χ2v) is 8.87. The van der Waals surface area contributed by atoms with Gasteiger partial charge in [-0.3, -0.25) is 0 Å². The van der Waals surface area contributed by atoms with Crippen LogP contribution in [0.3, 0.4) is 0 Å². The minimum atomic E-state index is 0.797. The number of nitrogens with zero attached hydrogens (tertiary/aromatic N) is 2. The first-order valence-electron chi connectivity index (χ1n) is 10.9. The molecule has 4 aromatic carbocycles. The van der Waals surface area contributed by atoms with Crippen LogP contribution in [0.25, 0.3) is 55.3 Å². The lowest BCUT2D eigenvalue weighted by atomic mass is 9.96. The number of aromatic nitrogens is 2. The molecule has 0 radical (unpaired) electrons. The summed E-state index contributed by atoms with van der Waals surface area (Å²) >= 11 is 3.49. The maximum atomic E-state index is 4.96. The van der Waals surface area contributed by atoms with Gasteiger partial charge >= 0.3 is 0 Å². The highest BCUT2D eigenvalue weighted by Crippen LogP contribution is 2.33. The molecule has 0 saturated carbocycles. The van der Waals surface area contributed by atoms with E-state index in [9.17, 15) is 0 Å². The second-order valence-electron chi connectivity index (χ2n) is 8.06. The quantitative estimate of drug-likeness (QED) is 0.185. The van der Waals surface area contributed by atoms with Crippen molar-refractivity contribution in [2.45, 2.75) is 0 Å². The number of rotatable bonds is 3. The summed E-state index contributed by atoms with van der Waals surface area (Å²) in [6.07, 6.45) is 0. The molecule has 0 amide bonds. The molecular formula is C30H19BrN2. The molecule has 0 atom stereocenters. The van der Waals surface area contributed by atoms with Crippen LogP contribution >= 0.6 is 15.9 Å². The number of fused-ring (bicyclic) bond motifs is 3. The molecule has 0 saturated heterocycles. The SMILES string of the molecule is Brc1cccc(-c2cc(-c3ccc4c(ccc5ccccc54)c3)cc(-c3ccccc3)n2)n1. The van der Waals surface area contributed by atoms with E-state index < -0.39 is 0 Å². The Hall–Kier alpha value is -3.82. The van der Waals surface area contributed by atoms with E-state index in [0.717, 1.165) is 38.4 Å². The lowest BCUT2D eigenvalue weighted by Crippen LogP contribution is -1.93. The molecule has 2 heterocycles. The molecule has 0 unspecified atom stereocenters. The van der Waals surface area contributed by atoms with Crippen LogP contribution in [0.2, 0.25) is 0 Å². The zero-order valence-corrected chi connectivity index (χ0v) is 19.3. The van der Waals surface area contributed by atoms with Crippen molar-refractivity contribution in [2.75, 3.05) is 0 Å². The van der Waals surface area contributed by atoms with Crippen LogP contribution in [0.1, 0.15) is 0 Å². The molecule has 6 rings (SSSR count). The molecule has 3 heteroatoms. The summed E-state index contributed by atoms with van der Waals surface area (Å²) in [5, 5.41) is 5.03. The lowest BCUT2D eigenvalue weighted by molar-refractivity contribution is 1.22. The van der Waals surface area contributed by atoms with Gasteiger partial charge in [0.05, 0.1) is 17.1 Å². The van der Waals surface area contributed by atoms with Crippen LogP contribution in [-0.2, 0) is 0 Å². The van der Waals surface area contributed by atoms with Gasteiger partial charge in [0, 0.05) is 5.56 Å². The molecule has 6 aromatic rings. The molecule has 0 N–H and O–H groups in total. The maximum Gasteiger partial charge on any atom is 0.106 e. The summed E-state index contributed by atoms with van der Waals surface area (Å²) in [5.41, 5.74) is 6.00. The first kappa shape index (κ1) is 19.8. The van der Waals surface area contributed by atoms with E-state index in [4.69, 9.17) is 4.98 Å². The molecular weight excluding hydrogens is 468 g/mol. The van der Waals surface area contributed by atoms with Gasteiger partial charge in [0.1, 0.15) is 4.60 Å². The van der Waals surface area contributed by atoms with Gasteiger partial charge in [0.15, 0.2) is 0 Å². The van der Waals surface area contributed by atoms with Gasteiger partial charge in [0.25, 0.3) is 0 Å². The predicted octanol–water partition coefficient (Wildman–Crippen LogP) is 8.55. The van der Waals surface area contributed by atoms with E-state index in [2.05, 4.69) is 99.8 Å². The molecule has 0 fully saturated rings. The minimum absolute atomic E-state index is 0.797. The van der Waals surface area contributed by atoms with Gasteiger partial charge in [-0.1, -0.05) is 84.9 Å². The molecule has 156 valence electrons. The minimum Gasteiger partial charge on any atom is -0.246 e. The fourth-order valence-corrected chi connectivity index (χ4v) is 4.67. The van der Waals surface area contributed by atoms with Crippen molar-refractivity contribution in [1.82, 2.24) is 9.97 Å². The van der Waals surface area contributed by atoms with Gasteiger partial charge in [-0.2, -0.15) is 0 Å². The van der Waals surface area contributed by atoms with Crippen LogP contribution in [0.5, 0.6) is 0 Å². The third-order valence-electron chi connectivity index (χ3n) is 5.95. The Kier molecular flexibility index (Phi) is 4.97. The van der Waals surface area contributed by atoms with E-state index in [0.29, 0.717) is 0 Å². The highest BCUT2D eigenvalue weighted by Gasteiger charge is 2.11. The van der Waals surface area contributed by atoms with E-state index >= 15 is 0 Å². The normalized spacial score (nSPS) is 11.2. The molecule has 2 aromatic heterocycles. The zero-order valence-electron chi connectivity index (χ0n) is 17.7. The Morgan fingerprint density at radius 3 is 2.06 bits per heavy atom. The van der Waals surface area contributed by atoms with E-state index in [1.807, 2.05) is 36.4 Å². The van der Waals surface area contributed by atoms with Crippen LogP contribution in [0.4, 0.5) is 0 Å². The highest BCUT2D eigenvalue weighted by molar-refractivity contribution is 9.10. The molecule has 0 aliphatic rings.